The lowest BCUT2D eigenvalue weighted by atomic mass is 9.91. The zero-order valence-electron chi connectivity index (χ0n) is 11.8. The van der Waals surface area contributed by atoms with Crippen molar-refractivity contribution >= 4 is 35.0 Å². The molecule has 0 aromatic heterocycles. The Hall–Kier alpha value is 0.0700. The van der Waals surface area contributed by atoms with E-state index in [1.807, 2.05) is 18.2 Å². The third-order valence-corrected chi connectivity index (χ3v) is 5.67. The van der Waals surface area contributed by atoms with E-state index in [9.17, 15) is 0 Å². The number of hydrogen-bond donors (Lipinski definition) is 1. The first-order valence-electron chi connectivity index (χ1n) is 7.10. The predicted molar refractivity (Wildman–Crippen MR) is 90.0 cm³/mol. The first kappa shape index (κ1) is 16.4. The van der Waals surface area contributed by atoms with Crippen LogP contribution < -0.4 is 5.73 Å². The first-order valence-corrected chi connectivity index (χ1v) is 8.84. The van der Waals surface area contributed by atoms with Crippen LogP contribution in [0.3, 0.4) is 0 Å². The second-order valence-corrected chi connectivity index (χ2v) is 7.45. The Morgan fingerprint density at radius 1 is 1.25 bits per heavy atom. The van der Waals surface area contributed by atoms with Gasteiger partial charge in [-0.1, -0.05) is 23.2 Å². The molecule has 0 saturated heterocycles. The highest BCUT2D eigenvalue weighted by atomic mass is 35.5. The van der Waals surface area contributed by atoms with Crippen molar-refractivity contribution in [3.05, 3.63) is 28.2 Å². The van der Waals surface area contributed by atoms with Crippen molar-refractivity contribution < 1.29 is 0 Å². The number of hydrogen-bond acceptors (Lipinski definition) is 3. The van der Waals surface area contributed by atoms with Gasteiger partial charge in [-0.3, -0.25) is 0 Å². The van der Waals surface area contributed by atoms with Crippen LogP contribution in [0.4, 0.5) is 0 Å². The lowest BCUT2D eigenvalue weighted by Crippen LogP contribution is -2.39. The summed E-state index contributed by atoms with van der Waals surface area (Å²) in [6.07, 6.45) is 4.76. The molecule has 2 nitrogen and oxygen atoms in total. The molecule has 1 aromatic carbocycles. The van der Waals surface area contributed by atoms with Crippen LogP contribution in [0.2, 0.25) is 10.0 Å². The van der Waals surface area contributed by atoms with E-state index in [0.717, 1.165) is 40.1 Å². The molecule has 0 bridgehead atoms. The van der Waals surface area contributed by atoms with Gasteiger partial charge in [-0.2, -0.15) is 0 Å². The minimum Gasteiger partial charge on any atom is -0.328 e. The summed E-state index contributed by atoms with van der Waals surface area (Å²) in [7, 11) is 2.21. The molecule has 0 atom stereocenters. The van der Waals surface area contributed by atoms with Crippen molar-refractivity contribution in [2.75, 3.05) is 19.3 Å². The van der Waals surface area contributed by atoms with E-state index in [0.29, 0.717) is 12.1 Å². The average Bonchev–Trinajstić information content (AvgIpc) is 2.43. The smallest absolute Gasteiger partial charge is 0.0542 e. The van der Waals surface area contributed by atoms with Gasteiger partial charge in [-0.05, 0) is 50.9 Å². The van der Waals surface area contributed by atoms with Gasteiger partial charge in [-0.15, -0.1) is 11.8 Å². The van der Waals surface area contributed by atoms with Gasteiger partial charge < -0.3 is 10.6 Å². The fourth-order valence-electron chi connectivity index (χ4n) is 2.61. The Balaban J connectivity index is 1.76. The van der Waals surface area contributed by atoms with Gasteiger partial charge in [0, 0.05) is 34.3 Å². The molecule has 2 rings (SSSR count). The van der Waals surface area contributed by atoms with Gasteiger partial charge in [0.2, 0.25) is 0 Å². The summed E-state index contributed by atoms with van der Waals surface area (Å²) >= 11 is 13.9. The summed E-state index contributed by atoms with van der Waals surface area (Å²) in [5, 5.41) is 1.53. The van der Waals surface area contributed by atoms with Crippen LogP contribution in [0, 0.1) is 0 Å². The van der Waals surface area contributed by atoms with Crippen molar-refractivity contribution in [3.8, 4) is 0 Å². The highest BCUT2D eigenvalue weighted by Gasteiger charge is 2.21. The van der Waals surface area contributed by atoms with Crippen LogP contribution in [0.25, 0.3) is 0 Å². The standard InChI is InChI=1S/C15H22Cl2N2S/c1-19(13-5-3-12(18)4-6-13)8-9-20-15-10-11(16)2-7-14(15)17/h2,7,10,12-13H,3-6,8-9,18H2,1H3. The molecule has 1 aromatic rings. The fourth-order valence-corrected chi connectivity index (χ4v) is 4.15. The number of benzene rings is 1. The summed E-state index contributed by atoms with van der Waals surface area (Å²) in [6, 6.07) is 6.72. The number of rotatable bonds is 5. The van der Waals surface area contributed by atoms with Crippen molar-refractivity contribution in [3.63, 3.8) is 0 Å². The second kappa shape index (κ2) is 7.90. The van der Waals surface area contributed by atoms with E-state index >= 15 is 0 Å². The lowest BCUT2D eigenvalue weighted by Gasteiger charge is -2.33. The normalized spacial score (nSPS) is 23.2. The molecule has 0 heterocycles. The largest absolute Gasteiger partial charge is 0.328 e. The molecule has 5 heteroatoms. The maximum atomic E-state index is 6.17. The highest BCUT2D eigenvalue weighted by molar-refractivity contribution is 7.99. The topological polar surface area (TPSA) is 29.3 Å². The van der Waals surface area contributed by atoms with E-state index in [1.165, 1.54) is 12.8 Å². The highest BCUT2D eigenvalue weighted by Crippen LogP contribution is 2.30. The first-order chi connectivity index (χ1) is 9.56. The van der Waals surface area contributed by atoms with Crippen LogP contribution >= 0.6 is 35.0 Å². The van der Waals surface area contributed by atoms with Crippen LogP contribution in [0.1, 0.15) is 25.7 Å². The Bertz CT molecular complexity index is 434. The molecule has 0 spiro atoms. The molecule has 0 radical (unpaired) electrons. The molecule has 1 aliphatic carbocycles. The van der Waals surface area contributed by atoms with Crippen LogP contribution in [0.15, 0.2) is 23.1 Å². The number of nitrogens with two attached hydrogens (primary N) is 1. The van der Waals surface area contributed by atoms with Gasteiger partial charge in [-0.25, -0.2) is 0 Å². The number of nitrogens with zero attached hydrogens (tertiary/aromatic N) is 1. The molecule has 1 aliphatic rings. The van der Waals surface area contributed by atoms with E-state index in [4.69, 9.17) is 28.9 Å². The molecule has 2 N–H and O–H groups in total. The summed E-state index contributed by atoms with van der Waals surface area (Å²) in [6.45, 7) is 1.06. The molecule has 1 saturated carbocycles. The van der Waals surface area contributed by atoms with Gasteiger partial charge in [0.05, 0.1) is 5.02 Å². The Kier molecular flexibility index (Phi) is 6.50. The molecular weight excluding hydrogens is 311 g/mol. The SMILES string of the molecule is CN(CCSc1cc(Cl)ccc1Cl)C1CCC(N)CC1. The summed E-state index contributed by atoms with van der Waals surface area (Å²) in [4.78, 5) is 3.52. The maximum absolute atomic E-state index is 6.17. The summed E-state index contributed by atoms with van der Waals surface area (Å²) < 4.78 is 0. The van der Waals surface area contributed by atoms with Gasteiger partial charge in [0.1, 0.15) is 0 Å². The predicted octanol–water partition coefficient (Wildman–Crippen LogP) is 4.29. The number of halogens is 2. The lowest BCUT2D eigenvalue weighted by molar-refractivity contribution is 0.192. The van der Waals surface area contributed by atoms with E-state index < -0.39 is 0 Å². The van der Waals surface area contributed by atoms with Crippen LogP contribution in [-0.2, 0) is 0 Å². The van der Waals surface area contributed by atoms with E-state index in [-0.39, 0.29) is 0 Å². The van der Waals surface area contributed by atoms with Crippen molar-refractivity contribution in [2.24, 2.45) is 5.73 Å². The molecule has 0 unspecified atom stereocenters. The molecule has 0 amide bonds. The van der Waals surface area contributed by atoms with Crippen molar-refractivity contribution in [1.29, 1.82) is 0 Å². The molecular formula is C15H22Cl2N2S. The Morgan fingerprint density at radius 3 is 2.65 bits per heavy atom. The molecule has 0 aliphatic heterocycles. The van der Waals surface area contributed by atoms with Crippen LogP contribution in [0.5, 0.6) is 0 Å². The minimum atomic E-state index is 0.416. The van der Waals surface area contributed by atoms with E-state index in [2.05, 4.69) is 11.9 Å². The average molecular weight is 333 g/mol. The second-order valence-electron chi connectivity index (χ2n) is 5.47. The van der Waals surface area contributed by atoms with Crippen molar-refractivity contribution in [1.82, 2.24) is 4.90 Å². The van der Waals surface area contributed by atoms with E-state index in [1.54, 1.807) is 11.8 Å². The Morgan fingerprint density at radius 2 is 1.95 bits per heavy atom. The fraction of sp³-hybridized carbons (Fsp3) is 0.600. The summed E-state index contributed by atoms with van der Waals surface area (Å²) in [5.41, 5.74) is 5.95. The number of thioether (sulfide) groups is 1. The zero-order valence-corrected chi connectivity index (χ0v) is 14.1. The minimum absolute atomic E-state index is 0.416. The van der Waals surface area contributed by atoms with Gasteiger partial charge in [0.15, 0.2) is 0 Å². The maximum Gasteiger partial charge on any atom is 0.0542 e. The molecule has 1 fully saturated rings. The quantitative estimate of drug-likeness (QED) is 0.815. The van der Waals surface area contributed by atoms with Crippen molar-refractivity contribution in [2.45, 2.75) is 42.7 Å². The monoisotopic (exact) mass is 332 g/mol. The molecule has 20 heavy (non-hydrogen) atoms. The third kappa shape index (κ3) is 4.81. The summed E-state index contributed by atoms with van der Waals surface area (Å²) in [5.74, 6) is 1.03. The Labute approximate surface area is 136 Å². The van der Waals surface area contributed by atoms with Gasteiger partial charge in [0.25, 0.3) is 0 Å². The zero-order chi connectivity index (χ0) is 14.5. The van der Waals surface area contributed by atoms with Crippen LogP contribution in [-0.4, -0.2) is 36.3 Å². The molecule has 112 valence electrons. The third-order valence-electron chi connectivity index (χ3n) is 3.96. The van der Waals surface area contributed by atoms with Gasteiger partial charge >= 0.3 is 0 Å².